The summed E-state index contributed by atoms with van der Waals surface area (Å²) in [5, 5.41) is 10.6. The lowest BCUT2D eigenvalue weighted by Crippen LogP contribution is -2.30. The number of esters is 4. The molecule has 0 fully saturated rings. The molecule has 0 aromatic heterocycles. The highest BCUT2D eigenvalue weighted by Gasteiger charge is 2.30. The summed E-state index contributed by atoms with van der Waals surface area (Å²) >= 11 is 0. The summed E-state index contributed by atoms with van der Waals surface area (Å²) in [7, 11) is -9.91. The molecule has 576 valence electrons. The van der Waals surface area contributed by atoms with E-state index >= 15 is 0 Å². The second-order valence-corrected chi connectivity index (χ2v) is 32.0. The molecule has 0 aliphatic rings. The highest BCUT2D eigenvalue weighted by molar-refractivity contribution is 7.47. The summed E-state index contributed by atoms with van der Waals surface area (Å²) in [6.07, 6.45) is 55.5. The highest BCUT2D eigenvalue weighted by atomic mass is 31.2. The number of unbranched alkanes of at least 4 members (excludes halogenated alkanes) is 42. The Morgan fingerprint density at radius 2 is 0.526 bits per heavy atom. The van der Waals surface area contributed by atoms with Crippen molar-refractivity contribution in [2.45, 2.75) is 420 Å². The van der Waals surface area contributed by atoms with E-state index in [9.17, 15) is 43.2 Å². The van der Waals surface area contributed by atoms with Crippen LogP contribution in [0.1, 0.15) is 402 Å². The summed E-state index contributed by atoms with van der Waals surface area (Å²) in [6, 6.07) is 0. The summed E-state index contributed by atoms with van der Waals surface area (Å²) in [5.74, 6) is 0.300. The number of ether oxygens (including phenoxy) is 4. The molecule has 0 rings (SSSR count). The predicted molar refractivity (Wildman–Crippen MR) is 395 cm³/mol. The lowest BCUT2D eigenvalue weighted by atomic mass is 9.99. The first-order chi connectivity index (χ1) is 46.8. The van der Waals surface area contributed by atoms with Crippen LogP contribution in [0.15, 0.2) is 0 Å². The molecule has 4 unspecified atom stereocenters. The summed E-state index contributed by atoms with van der Waals surface area (Å²) in [5.41, 5.74) is 0. The monoisotopic (exact) mass is 1420 g/mol. The third-order valence-electron chi connectivity index (χ3n) is 18.9. The quantitative estimate of drug-likeness (QED) is 0.0222. The van der Waals surface area contributed by atoms with E-state index < -0.39 is 97.5 Å². The van der Waals surface area contributed by atoms with Crippen molar-refractivity contribution < 1.29 is 80.2 Å². The summed E-state index contributed by atoms with van der Waals surface area (Å²) in [6.45, 7) is 12.0. The van der Waals surface area contributed by atoms with E-state index in [0.717, 1.165) is 108 Å². The molecule has 0 saturated carbocycles. The van der Waals surface area contributed by atoms with E-state index in [1.807, 2.05) is 0 Å². The molecule has 0 saturated heterocycles. The Bertz CT molecular complexity index is 1890. The first-order valence-corrected chi connectivity index (χ1v) is 43.4. The number of rotatable bonds is 76. The summed E-state index contributed by atoms with van der Waals surface area (Å²) < 4.78 is 68.5. The first-order valence-electron chi connectivity index (χ1n) is 40.4. The number of aliphatic hydroxyl groups excluding tert-OH is 1. The number of carbonyl (C=O) groups excluding carboxylic acids is 4. The minimum absolute atomic E-state index is 0.105. The van der Waals surface area contributed by atoms with Crippen LogP contribution in [-0.2, 0) is 65.4 Å². The lowest BCUT2D eigenvalue weighted by Gasteiger charge is -2.21. The molecule has 19 heteroatoms. The number of aliphatic hydroxyl groups is 1. The molecule has 97 heavy (non-hydrogen) atoms. The van der Waals surface area contributed by atoms with Gasteiger partial charge in [-0.3, -0.25) is 37.3 Å². The molecule has 0 radical (unpaired) electrons. The standard InChI is InChI=1S/C78H152O17P2/c1-8-11-12-13-14-28-38-45-52-59-75(80)88-65-73(95-78(83)62-55-48-41-34-27-29-35-42-49-56-69(4)5)67-92-96(84,85)90-63-72(79)64-91-97(86,87)93-68-74(66-89-76(81)60-53-46-39-32-26-25-31-37-44-51-58-71(7)10-3)94-77(82)61-54-47-40-33-24-22-20-18-16-15-17-19-21-23-30-36-43-50-57-70(6)9-2/h69-74,79H,8-68H2,1-7H3,(H,84,85)(H,86,87)/t70?,71?,72-,73+,74+/m0/s1. The molecule has 0 bridgehead atoms. The Balaban J connectivity index is 5.19. The SMILES string of the molecule is CCCCCCCCCCCC(=O)OC[C@H](COP(=O)(O)OC[C@H](O)COP(=O)(O)OC[C@@H](COC(=O)CCCCCCCCCCCCC(C)CC)OC(=O)CCCCCCCCCCCCCCCCCCCCC(C)CC)OC(=O)CCCCCCCCCCCC(C)C. The van der Waals surface area contributed by atoms with Crippen LogP contribution in [0.25, 0.3) is 0 Å². The maximum atomic E-state index is 13.1. The third kappa shape index (κ3) is 69.5. The number of hydrogen-bond donors (Lipinski definition) is 3. The van der Waals surface area contributed by atoms with Crippen LogP contribution >= 0.6 is 15.6 Å². The third-order valence-corrected chi connectivity index (χ3v) is 20.8. The molecular formula is C78H152O17P2. The Labute approximate surface area is 594 Å². The van der Waals surface area contributed by atoms with Crippen LogP contribution in [0.2, 0.25) is 0 Å². The first kappa shape index (κ1) is 95.1. The second-order valence-electron chi connectivity index (χ2n) is 29.1. The molecule has 0 aromatic rings. The van der Waals surface area contributed by atoms with Crippen LogP contribution < -0.4 is 0 Å². The van der Waals surface area contributed by atoms with Gasteiger partial charge in [0.05, 0.1) is 26.4 Å². The largest absolute Gasteiger partial charge is 0.472 e. The Morgan fingerprint density at radius 3 is 0.784 bits per heavy atom. The van der Waals surface area contributed by atoms with Gasteiger partial charge in [0.1, 0.15) is 19.3 Å². The zero-order chi connectivity index (χ0) is 71.6. The maximum Gasteiger partial charge on any atom is 0.472 e. The Kier molecular flexibility index (Phi) is 67.1. The van der Waals surface area contributed by atoms with Crippen molar-refractivity contribution in [2.75, 3.05) is 39.6 Å². The fourth-order valence-electron chi connectivity index (χ4n) is 11.9. The number of phosphoric ester groups is 2. The van der Waals surface area contributed by atoms with Crippen LogP contribution in [-0.4, -0.2) is 96.7 Å². The lowest BCUT2D eigenvalue weighted by molar-refractivity contribution is -0.161. The zero-order valence-electron chi connectivity index (χ0n) is 63.5. The van der Waals surface area contributed by atoms with Gasteiger partial charge in [-0.2, -0.15) is 0 Å². The maximum absolute atomic E-state index is 13.1. The number of hydrogen-bond acceptors (Lipinski definition) is 15. The van der Waals surface area contributed by atoms with E-state index in [1.165, 1.54) is 212 Å². The fraction of sp³-hybridized carbons (Fsp3) is 0.949. The number of phosphoric acid groups is 2. The van der Waals surface area contributed by atoms with E-state index in [2.05, 4.69) is 48.5 Å². The molecule has 3 N–H and O–H groups in total. The van der Waals surface area contributed by atoms with Gasteiger partial charge in [-0.15, -0.1) is 0 Å². The van der Waals surface area contributed by atoms with Gasteiger partial charge < -0.3 is 33.8 Å². The van der Waals surface area contributed by atoms with Crippen LogP contribution in [0.5, 0.6) is 0 Å². The molecule has 7 atom stereocenters. The zero-order valence-corrected chi connectivity index (χ0v) is 65.3. The van der Waals surface area contributed by atoms with Gasteiger partial charge in [0.25, 0.3) is 0 Å². The van der Waals surface area contributed by atoms with Crippen LogP contribution in [0.3, 0.4) is 0 Å². The van der Waals surface area contributed by atoms with Gasteiger partial charge in [-0.25, -0.2) is 9.13 Å². The second kappa shape index (κ2) is 68.5. The van der Waals surface area contributed by atoms with E-state index in [-0.39, 0.29) is 25.7 Å². The van der Waals surface area contributed by atoms with Crippen molar-refractivity contribution in [1.82, 2.24) is 0 Å². The molecule has 0 heterocycles. The Hall–Kier alpha value is -1.94. The van der Waals surface area contributed by atoms with Crippen molar-refractivity contribution >= 4 is 39.5 Å². The minimum Gasteiger partial charge on any atom is -0.462 e. The van der Waals surface area contributed by atoms with E-state index in [4.69, 9.17) is 37.0 Å². The molecule has 0 aliphatic heterocycles. The normalized spacial score (nSPS) is 14.6. The smallest absolute Gasteiger partial charge is 0.462 e. The van der Waals surface area contributed by atoms with Crippen molar-refractivity contribution in [1.29, 1.82) is 0 Å². The van der Waals surface area contributed by atoms with Crippen LogP contribution in [0, 0.1) is 17.8 Å². The van der Waals surface area contributed by atoms with Gasteiger partial charge in [0, 0.05) is 25.7 Å². The van der Waals surface area contributed by atoms with Crippen LogP contribution in [0.4, 0.5) is 0 Å². The molecule has 0 amide bonds. The molecule has 0 spiro atoms. The van der Waals surface area contributed by atoms with Gasteiger partial charge in [-0.1, -0.05) is 350 Å². The van der Waals surface area contributed by atoms with Gasteiger partial charge in [0.15, 0.2) is 12.2 Å². The summed E-state index contributed by atoms with van der Waals surface area (Å²) in [4.78, 5) is 72.8. The molecule has 17 nitrogen and oxygen atoms in total. The average Bonchev–Trinajstić information content (AvgIpc) is 0.994. The van der Waals surface area contributed by atoms with Crippen molar-refractivity contribution in [2.24, 2.45) is 17.8 Å². The topological polar surface area (TPSA) is 237 Å². The molecule has 0 aliphatic carbocycles. The fourth-order valence-corrected chi connectivity index (χ4v) is 13.5. The Morgan fingerprint density at radius 1 is 0.299 bits per heavy atom. The predicted octanol–water partition coefficient (Wildman–Crippen LogP) is 23.0. The van der Waals surface area contributed by atoms with Crippen molar-refractivity contribution in [3.8, 4) is 0 Å². The van der Waals surface area contributed by atoms with Gasteiger partial charge in [0.2, 0.25) is 0 Å². The van der Waals surface area contributed by atoms with Gasteiger partial charge in [-0.05, 0) is 43.4 Å². The van der Waals surface area contributed by atoms with Crippen molar-refractivity contribution in [3.63, 3.8) is 0 Å². The molecule has 0 aromatic carbocycles. The van der Waals surface area contributed by atoms with E-state index in [0.29, 0.717) is 25.7 Å². The average molecular weight is 1420 g/mol. The minimum atomic E-state index is -4.96. The highest BCUT2D eigenvalue weighted by Crippen LogP contribution is 2.45. The van der Waals surface area contributed by atoms with Crippen molar-refractivity contribution in [3.05, 3.63) is 0 Å². The number of carbonyl (C=O) groups is 4. The van der Waals surface area contributed by atoms with E-state index in [1.54, 1.807) is 0 Å². The molecular weight excluding hydrogens is 1270 g/mol. The van der Waals surface area contributed by atoms with Gasteiger partial charge >= 0.3 is 39.5 Å².